The lowest BCUT2D eigenvalue weighted by atomic mass is 10.0. The molecule has 18 heavy (non-hydrogen) atoms. The summed E-state index contributed by atoms with van der Waals surface area (Å²) in [5.41, 5.74) is 0. The molecule has 0 aromatic rings. The number of carboxylic acid groups (broad SMARTS) is 1. The highest BCUT2D eigenvalue weighted by Crippen LogP contribution is 2.07. The number of hydrogen-bond acceptors (Lipinski definition) is 7. The number of aliphatic hydroxyl groups excluding tert-OH is 4. The molecule has 0 spiro atoms. The number of carboxylic acids is 1. The van der Waals surface area contributed by atoms with Crippen LogP contribution in [0.1, 0.15) is 19.8 Å². The third-order valence-electron chi connectivity index (χ3n) is 2.23. The van der Waals surface area contributed by atoms with E-state index in [2.05, 4.69) is 4.74 Å². The van der Waals surface area contributed by atoms with Crippen LogP contribution in [-0.4, -0.2) is 68.5 Å². The first-order valence-electron chi connectivity index (χ1n) is 5.44. The lowest BCUT2D eigenvalue weighted by Gasteiger charge is -2.23. The van der Waals surface area contributed by atoms with Crippen molar-refractivity contribution < 1.29 is 39.9 Å². The quantitative estimate of drug-likeness (QED) is 0.247. The molecule has 106 valence electrons. The predicted molar refractivity (Wildman–Crippen MR) is 57.5 cm³/mol. The summed E-state index contributed by atoms with van der Waals surface area (Å²) in [5, 5.41) is 45.1. The molecule has 0 fully saturated rings. The van der Waals surface area contributed by atoms with Gasteiger partial charge in [0.15, 0.2) is 12.2 Å². The molecule has 0 bridgehead atoms. The SMILES string of the molecule is CCCCOC(=O)[C@@H](O)[C@H](O)[C@H](O)[C@@H](O)C(=O)O. The molecule has 0 aliphatic heterocycles. The van der Waals surface area contributed by atoms with Crippen LogP contribution in [0.2, 0.25) is 0 Å². The maximum absolute atomic E-state index is 11.2. The summed E-state index contributed by atoms with van der Waals surface area (Å²) in [6.07, 6.45) is -7.45. The number of hydrogen-bond donors (Lipinski definition) is 5. The van der Waals surface area contributed by atoms with Gasteiger partial charge in [-0.15, -0.1) is 0 Å². The fourth-order valence-corrected chi connectivity index (χ4v) is 1.06. The standard InChI is InChI=1S/C10H18O8/c1-2-3-4-18-10(17)8(14)6(12)5(11)7(13)9(15)16/h5-8,11-14H,2-4H2,1H3,(H,15,16)/t5-,6+,7+,8-/m0/s1. The number of carbonyl (C=O) groups is 2. The molecule has 0 aliphatic carbocycles. The molecule has 5 N–H and O–H groups in total. The van der Waals surface area contributed by atoms with Gasteiger partial charge in [-0.05, 0) is 6.42 Å². The third kappa shape index (κ3) is 4.96. The predicted octanol–water partition coefficient (Wildman–Crippen LogP) is -2.14. The summed E-state index contributed by atoms with van der Waals surface area (Å²) in [5.74, 6) is -2.97. The summed E-state index contributed by atoms with van der Waals surface area (Å²) in [6.45, 7) is 1.89. The molecule has 8 heteroatoms. The van der Waals surface area contributed by atoms with Gasteiger partial charge in [-0.25, -0.2) is 9.59 Å². The molecule has 0 aromatic heterocycles. The lowest BCUT2D eigenvalue weighted by molar-refractivity contribution is -0.176. The number of unbranched alkanes of at least 4 members (excludes halogenated alkanes) is 1. The molecule has 0 unspecified atom stereocenters. The van der Waals surface area contributed by atoms with Gasteiger partial charge in [-0.3, -0.25) is 0 Å². The lowest BCUT2D eigenvalue weighted by Crippen LogP contribution is -2.50. The van der Waals surface area contributed by atoms with E-state index in [9.17, 15) is 24.9 Å². The highest BCUT2D eigenvalue weighted by molar-refractivity contribution is 5.76. The van der Waals surface area contributed by atoms with E-state index in [1.54, 1.807) is 0 Å². The Morgan fingerprint density at radius 1 is 1.06 bits per heavy atom. The van der Waals surface area contributed by atoms with E-state index >= 15 is 0 Å². The van der Waals surface area contributed by atoms with Gasteiger partial charge in [-0.2, -0.15) is 0 Å². The van der Waals surface area contributed by atoms with E-state index in [0.717, 1.165) is 6.42 Å². The first kappa shape index (κ1) is 16.8. The van der Waals surface area contributed by atoms with Crippen LogP contribution in [0.15, 0.2) is 0 Å². The number of esters is 1. The smallest absolute Gasteiger partial charge is 0.337 e. The van der Waals surface area contributed by atoms with Crippen molar-refractivity contribution in [2.75, 3.05) is 6.61 Å². The minimum Gasteiger partial charge on any atom is -0.479 e. The Hall–Kier alpha value is -1.22. The minimum absolute atomic E-state index is 0.0384. The van der Waals surface area contributed by atoms with Gasteiger partial charge in [-0.1, -0.05) is 13.3 Å². The summed E-state index contributed by atoms with van der Waals surface area (Å²) in [7, 11) is 0. The molecule has 0 saturated carbocycles. The van der Waals surface area contributed by atoms with Crippen LogP contribution in [0.4, 0.5) is 0 Å². The summed E-state index contributed by atoms with van der Waals surface area (Å²) in [4.78, 5) is 21.5. The van der Waals surface area contributed by atoms with Gasteiger partial charge in [0.05, 0.1) is 6.61 Å². The van der Waals surface area contributed by atoms with Crippen LogP contribution in [0.25, 0.3) is 0 Å². The van der Waals surface area contributed by atoms with Crippen molar-refractivity contribution in [3.8, 4) is 0 Å². The van der Waals surface area contributed by atoms with Gasteiger partial charge >= 0.3 is 11.9 Å². The Labute approximate surface area is 103 Å². The largest absolute Gasteiger partial charge is 0.479 e. The van der Waals surface area contributed by atoms with Crippen LogP contribution < -0.4 is 0 Å². The fraction of sp³-hybridized carbons (Fsp3) is 0.800. The second-order valence-electron chi connectivity index (χ2n) is 3.73. The van der Waals surface area contributed by atoms with Crippen molar-refractivity contribution >= 4 is 11.9 Å². The second kappa shape index (κ2) is 7.98. The average molecular weight is 266 g/mol. The Morgan fingerprint density at radius 2 is 1.56 bits per heavy atom. The normalized spacial score (nSPS) is 17.6. The zero-order chi connectivity index (χ0) is 14.3. The van der Waals surface area contributed by atoms with Crippen molar-refractivity contribution in [2.45, 2.75) is 44.2 Å². The van der Waals surface area contributed by atoms with Crippen molar-refractivity contribution in [3.05, 3.63) is 0 Å². The maximum atomic E-state index is 11.2. The van der Waals surface area contributed by atoms with Crippen molar-refractivity contribution in [2.24, 2.45) is 0 Å². The van der Waals surface area contributed by atoms with Crippen LogP contribution in [0.5, 0.6) is 0 Å². The van der Waals surface area contributed by atoms with E-state index in [-0.39, 0.29) is 6.61 Å². The van der Waals surface area contributed by atoms with Crippen molar-refractivity contribution in [1.82, 2.24) is 0 Å². The Kier molecular flexibility index (Phi) is 7.44. The van der Waals surface area contributed by atoms with E-state index in [1.165, 1.54) is 0 Å². The Balaban J connectivity index is 4.35. The van der Waals surface area contributed by atoms with E-state index in [4.69, 9.17) is 10.2 Å². The van der Waals surface area contributed by atoms with Crippen LogP contribution in [-0.2, 0) is 14.3 Å². The monoisotopic (exact) mass is 266 g/mol. The van der Waals surface area contributed by atoms with Gasteiger partial charge in [0.1, 0.15) is 12.2 Å². The topological polar surface area (TPSA) is 145 Å². The van der Waals surface area contributed by atoms with Gasteiger partial charge < -0.3 is 30.3 Å². The zero-order valence-corrected chi connectivity index (χ0v) is 9.89. The van der Waals surface area contributed by atoms with E-state index < -0.39 is 36.4 Å². The average Bonchev–Trinajstić information content (AvgIpc) is 2.35. The minimum atomic E-state index is -2.31. The summed E-state index contributed by atoms with van der Waals surface area (Å²) in [6, 6.07) is 0. The Bertz CT molecular complexity index is 279. The zero-order valence-electron chi connectivity index (χ0n) is 9.89. The molecule has 0 aliphatic rings. The molecular formula is C10H18O8. The molecule has 0 amide bonds. The molecule has 0 rings (SSSR count). The van der Waals surface area contributed by atoms with Crippen molar-refractivity contribution in [1.29, 1.82) is 0 Å². The first-order chi connectivity index (χ1) is 8.32. The summed E-state index contributed by atoms with van der Waals surface area (Å²) < 4.78 is 4.57. The van der Waals surface area contributed by atoms with E-state index in [0.29, 0.717) is 6.42 Å². The number of rotatable bonds is 8. The van der Waals surface area contributed by atoms with Gasteiger partial charge in [0.25, 0.3) is 0 Å². The molecule has 0 aromatic carbocycles. The number of ether oxygens (including phenoxy) is 1. The van der Waals surface area contributed by atoms with Gasteiger partial charge in [0.2, 0.25) is 0 Å². The fourth-order valence-electron chi connectivity index (χ4n) is 1.06. The molecule has 0 heterocycles. The van der Waals surface area contributed by atoms with Crippen LogP contribution in [0.3, 0.4) is 0 Å². The highest BCUT2D eigenvalue weighted by atomic mass is 16.5. The van der Waals surface area contributed by atoms with Gasteiger partial charge in [0, 0.05) is 0 Å². The number of carbonyl (C=O) groups excluding carboxylic acids is 1. The van der Waals surface area contributed by atoms with Crippen LogP contribution in [0, 0.1) is 0 Å². The van der Waals surface area contributed by atoms with E-state index in [1.807, 2.05) is 6.92 Å². The molecule has 8 nitrogen and oxygen atoms in total. The number of aliphatic carboxylic acids is 1. The molecule has 0 radical (unpaired) electrons. The Morgan fingerprint density at radius 3 is 2.00 bits per heavy atom. The highest BCUT2D eigenvalue weighted by Gasteiger charge is 2.38. The number of aliphatic hydroxyl groups is 4. The second-order valence-corrected chi connectivity index (χ2v) is 3.73. The molecule has 0 saturated heterocycles. The molecular weight excluding hydrogens is 248 g/mol. The molecule has 4 atom stereocenters. The van der Waals surface area contributed by atoms with Crippen molar-refractivity contribution in [3.63, 3.8) is 0 Å². The third-order valence-corrected chi connectivity index (χ3v) is 2.23. The summed E-state index contributed by atoms with van der Waals surface area (Å²) >= 11 is 0. The van der Waals surface area contributed by atoms with Crippen LogP contribution >= 0.6 is 0 Å². The first-order valence-corrected chi connectivity index (χ1v) is 5.44. The maximum Gasteiger partial charge on any atom is 0.337 e.